The summed E-state index contributed by atoms with van der Waals surface area (Å²) in [6.07, 6.45) is 18.0. The first-order valence-electron chi connectivity index (χ1n) is 44.6. The number of benzene rings is 4. The van der Waals surface area contributed by atoms with Crippen molar-refractivity contribution in [2.75, 3.05) is 132 Å². The van der Waals surface area contributed by atoms with Crippen LogP contribution in [0.1, 0.15) is 314 Å². The van der Waals surface area contributed by atoms with Gasteiger partial charge in [0, 0.05) is 98.2 Å². The number of rotatable bonds is 44. The van der Waals surface area contributed by atoms with Gasteiger partial charge in [0.15, 0.2) is 0 Å². The smallest absolute Gasteiger partial charge is 0.494 e. The average Bonchev–Trinajstić information content (AvgIpc) is 0.852. The molecule has 0 aromatic heterocycles. The molecule has 0 aliphatic heterocycles. The highest BCUT2D eigenvalue weighted by atomic mass is 16.7. The fourth-order valence-corrected chi connectivity index (χ4v) is 12.5. The van der Waals surface area contributed by atoms with Gasteiger partial charge in [-0.1, -0.05) is 84.3 Å². The molecule has 0 unspecified atom stereocenters. The normalized spacial score (nSPS) is 15.7. The summed E-state index contributed by atoms with van der Waals surface area (Å²) in [6.45, 7) is 55.8. The molecule has 716 valence electrons. The van der Waals surface area contributed by atoms with Crippen molar-refractivity contribution < 1.29 is 109 Å². The summed E-state index contributed by atoms with van der Waals surface area (Å²) >= 11 is 0. The predicted molar refractivity (Wildman–Crippen MR) is 499 cm³/mol. The van der Waals surface area contributed by atoms with Crippen LogP contribution in [-0.2, 0) is 112 Å². The van der Waals surface area contributed by atoms with Crippen LogP contribution in [0.3, 0.4) is 0 Å². The number of hydrogen-bond acceptors (Lipinski definition) is 23. The van der Waals surface area contributed by atoms with E-state index in [4.69, 9.17) is 75.8 Å². The Morgan fingerprint density at radius 3 is 0.911 bits per heavy atom. The van der Waals surface area contributed by atoms with Crippen LogP contribution in [0.5, 0.6) is 11.5 Å². The number of esters is 4. The third kappa shape index (κ3) is 70.0. The first kappa shape index (κ1) is 127. The van der Waals surface area contributed by atoms with Crippen molar-refractivity contribution in [1.29, 1.82) is 0 Å². The van der Waals surface area contributed by atoms with Crippen molar-refractivity contribution in [2.45, 2.75) is 321 Å². The number of ether oxygens (including phenoxy) is 18. The van der Waals surface area contributed by atoms with Crippen molar-refractivity contribution >= 4 is 30.0 Å². The van der Waals surface area contributed by atoms with Gasteiger partial charge in [0.05, 0.1) is 114 Å². The zero-order valence-electron chi connectivity index (χ0n) is 77.4. The quantitative estimate of drug-likeness (QED) is 0.0227. The first-order chi connectivity index (χ1) is 57.6. The molecule has 7 rings (SSSR count). The standard InChI is InChI=1S/C13H26O2.C12H14O4.C12H24O2.2C12H18O2.C10H18O4.C10H20O2.C10H14O2.C5H10O3.4CH4/c1-5-14-12-9-7-11(8-10-12)13(3,4)15-6-2;1-3-15-11(13)9-5-7-10(8-6-9)12(14)16-4-2;2*1-3-13-9-11-5-7-12(8-6-11)10-14-4-2;1-3-13-9-11-6-5-7-12(8-11)10-14-4-2;1-3-13-9(11)7-5-6-8-10(12)14-4-2;1-3-11-9-5-7-10(8-6-9)12-4-2;1-3-11-9-6-5-7-10(8-9)12-4-2;1-3-7-5(6)8-4-2;;;;/h11-12H,5-10H2,1-4H3;5-8H,3-4H2,1-2H3;11-12H,3-10H2,1-2H3;2*5-8H,3-4,9-10H2,1-2H3;3-8H2,1-2H3;9-10H,3-8H2,1-2H3;5-8H,3-4H2,1-2H3;3-4H2,1-2H3;4*1H4. The van der Waals surface area contributed by atoms with Gasteiger partial charge in [-0.15, -0.1) is 0 Å². The summed E-state index contributed by atoms with van der Waals surface area (Å²) in [5.41, 5.74) is 5.75. The van der Waals surface area contributed by atoms with E-state index in [1.807, 2.05) is 71.9 Å². The molecule has 4 aromatic carbocycles. The Hall–Kier alpha value is -6.77. The topological polar surface area (TPSA) is 251 Å². The molecule has 3 aliphatic rings. The summed E-state index contributed by atoms with van der Waals surface area (Å²) in [6, 6.07) is 30.5. The van der Waals surface area contributed by atoms with E-state index in [0.29, 0.717) is 140 Å². The lowest BCUT2D eigenvalue weighted by Crippen LogP contribution is -2.38. The molecule has 0 N–H and O–H groups in total. The highest BCUT2D eigenvalue weighted by Gasteiger charge is 2.34. The predicted octanol–water partition coefficient (Wildman–Crippen LogP) is 24.1. The molecule has 123 heavy (non-hydrogen) atoms. The lowest BCUT2D eigenvalue weighted by molar-refractivity contribution is -0.145. The zero-order valence-corrected chi connectivity index (χ0v) is 77.4. The van der Waals surface area contributed by atoms with E-state index in [0.717, 1.165) is 103 Å². The summed E-state index contributed by atoms with van der Waals surface area (Å²) < 4.78 is 93.4. The molecule has 0 radical (unpaired) electrons. The van der Waals surface area contributed by atoms with Crippen LogP contribution in [0.25, 0.3) is 0 Å². The Morgan fingerprint density at radius 1 is 0.309 bits per heavy atom. The van der Waals surface area contributed by atoms with E-state index in [1.165, 1.54) is 99.3 Å². The Labute approximate surface area is 748 Å². The summed E-state index contributed by atoms with van der Waals surface area (Å²) in [4.78, 5) is 54.6. The van der Waals surface area contributed by atoms with Crippen molar-refractivity contribution in [3.8, 4) is 11.5 Å². The van der Waals surface area contributed by atoms with Crippen molar-refractivity contribution in [1.82, 2.24) is 0 Å². The SMILES string of the molecule is C.C.C.C.CCOC(=O)CCCCC(=O)OCC.CCOC(=O)OCC.CCOC(=O)c1ccc(C(=O)OCC)cc1.CCOC1CCC(C(C)(C)OCC)CC1.CCOC1CCC(OCC)CC1.CCOCC1CCC(COCC)CC1.CCOCc1ccc(COCC)cc1.CCOCc1cccc(COCC)c1.CCOc1cccc(OCC)c1. The monoisotopic (exact) mass is 1750 g/mol. The lowest BCUT2D eigenvalue weighted by Gasteiger charge is -2.38. The molecule has 3 fully saturated rings. The maximum Gasteiger partial charge on any atom is 0.508 e. The molecular formula is C100H178O23. The van der Waals surface area contributed by atoms with Crippen molar-refractivity contribution in [2.24, 2.45) is 17.8 Å². The molecule has 0 amide bonds. The van der Waals surface area contributed by atoms with E-state index in [2.05, 4.69) is 107 Å². The maximum absolute atomic E-state index is 11.3. The second-order valence-corrected chi connectivity index (χ2v) is 28.0. The van der Waals surface area contributed by atoms with Gasteiger partial charge < -0.3 is 85.3 Å². The van der Waals surface area contributed by atoms with Crippen molar-refractivity contribution in [3.05, 3.63) is 130 Å². The van der Waals surface area contributed by atoms with Crippen LogP contribution in [-0.4, -0.2) is 186 Å². The number of carbonyl (C=O) groups excluding carboxylic acids is 5. The number of hydrogen-bond donors (Lipinski definition) is 0. The first-order valence-corrected chi connectivity index (χ1v) is 44.6. The minimum absolute atomic E-state index is 0. The molecule has 4 aromatic rings. The number of carbonyl (C=O) groups is 5. The molecule has 23 heteroatoms. The van der Waals surface area contributed by atoms with Crippen LogP contribution in [0.15, 0.2) is 97.1 Å². The Balaban J connectivity index is -0.000000313. The van der Waals surface area contributed by atoms with Gasteiger partial charge in [-0.25, -0.2) is 14.4 Å². The molecule has 3 aliphatic carbocycles. The maximum atomic E-state index is 11.3. The van der Waals surface area contributed by atoms with Crippen molar-refractivity contribution in [3.63, 3.8) is 0 Å². The minimum atomic E-state index is -0.588. The van der Waals surface area contributed by atoms with Gasteiger partial charge in [-0.2, -0.15) is 0 Å². The largest absolute Gasteiger partial charge is 0.508 e. The fraction of sp³-hybridized carbons (Fsp3) is 0.710. The number of unbranched alkanes of at least 4 members (excludes halogenated alkanes) is 1. The minimum Gasteiger partial charge on any atom is -0.494 e. The molecule has 0 atom stereocenters. The van der Waals surface area contributed by atoms with Gasteiger partial charge in [-0.3, -0.25) is 9.59 Å². The lowest BCUT2D eigenvalue weighted by atomic mass is 9.77. The molecule has 23 nitrogen and oxygen atoms in total. The Kier molecular flexibility index (Phi) is 91.5. The molecule has 3 saturated carbocycles. The van der Waals surface area contributed by atoms with Crippen LogP contribution >= 0.6 is 0 Å². The average molecular weight is 1750 g/mol. The highest BCUT2D eigenvalue weighted by Crippen LogP contribution is 2.36. The Morgan fingerprint density at radius 2 is 0.618 bits per heavy atom. The van der Waals surface area contributed by atoms with E-state index < -0.39 is 18.1 Å². The van der Waals surface area contributed by atoms with Crippen LogP contribution in [0, 0.1) is 17.8 Å². The van der Waals surface area contributed by atoms with E-state index in [-0.39, 0.29) is 47.2 Å². The third-order valence-corrected chi connectivity index (χ3v) is 18.5. The van der Waals surface area contributed by atoms with Crippen LogP contribution < -0.4 is 9.47 Å². The van der Waals surface area contributed by atoms with Gasteiger partial charge in [0.2, 0.25) is 0 Å². The van der Waals surface area contributed by atoms with Gasteiger partial charge in [0.1, 0.15) is 11.5 Å². The highest BCUT2D eigenvalue weighted by molar-refractivity contribution is 5.93. The Bertz CT molecular complexity index is 2810. The van der Waals surface area contributed by atoms with Crippen LogP contribution in [0.4, 0.5) is 4.79 Å². The summed E-state index contributed by atoms with van der Waals surface area (Å²) in [7, 11) is 0. The van der Waals surface area contributed by atoms with E-state index >= 15 is 0 Å². The molecule has 0 bridgehead atoms. The van der Waals surface area contributed by atoms with E-state index in [1.54, 1.807) is 65.8 Å². The summed E-state index contributed by atoms with van der Waals surface area (Å²) in [5.74, 6) is 2.88. The second kappa shape index (κ2) is 88.7. The zero-order chi connectivity index (χ0) is 88.8. The van der Waals surface area contributed by atoms with E-state index in [9.17, 15) is 24.0 Å². The second-order valence-electron chi connectivity index (χ2n) is 28.0. The van der Waals surface area contributed by atoms with Gasteiger partial charge >= 0.3 is 30.0 Å². The van der Waals surface area contributed by atoms with Gasteiger partial charge in [-0.05, 0) is 305 Å². The molecular weight excluding hydrogens is 1570 g/mol. The van der Waals surface area contributed by atoms with Gasteiger partial charge in [0.25, 0.3) is 0 Å². The molecule has 0 spiro atoms. The third-order valence-electron chi connectivity index (χ3n) is 18.5. The molecule has 0 saturated heterocycles. The summed E-state index contributed by atoms with van der Waals surface area (Å²) in [5, 5.41) is 0. The molecule has 0 heterocycles. The fourth-order valence-electron chi connectivity index (χ4n) is 12.5. The van der Waals surface area contributed by atoms with Crippen LogP contribution in [0.2, 0.25) is 0 Å².